The topological polar surface area (TPSA) is 42.4 Å². The predicted molar refractivity (Wildman–Crippen MR) is 61.8 cm³/mol. The molecule has 0 radical (unpaired) electrons. The summed E-state index contributed by atoms with van der Waals surface area (Å²) >= 11 is 0. The lowest BCUT2D eigenvalue weighted by Gasteiger charge is -2.28. The molecule has 0 bridgehead atoms. The minimum absolute atomic E-state index is 0.0382. The van der Waals surface area contributed by atoms with E-state index in [4.69, 9.17) is 5.41 Å². The maximum absolute atomic E-state index is 7.79. The Hall–Kier alpha value is -0.770. The second kappa shape index (κ2) is 5.20. The molecule has 0 aliphatic carbocycles. The van der Waals surface area contributed by atoms with Crippen LogP contribution in [0.5, 0.6) is 0 Å². The summed E-state index contributed by atoms with van der Waals surface area (Å²) < 4.78 is 0. The van der Waals surface area contributed by atoms with E-state index in [2.05, 4.69) is 31.0 Å². The number of hydrogen-bond donors (Lipinski definition) is 2. The van der Waals surface area contributed by atoms with Gasteiger partial charge in [-0.25, -0.2) is 0 Å². The Bertz CT molecular complexity index is 181. The highest BCUT2D eigenvalue weighted by Crippen LogP contribution is 1.99. The van der Waals surface area contributed by atoms with E-state index < -0.39 is 0 Å². The van der Waals surface area contributed by atoms with Gasteiger partial charge in [-0.2, -0.15) is 0 Å². The summed E-state index contributed by atoms with van der Waals surface area (Å²) in [5, 5.41) is 10.9. The van der Waals surface area contributed by atoms with Gasteiger partial charge < -0.3 is 15.1 Å². The monoisotopic (exact) mass is 200 g/mol. The van der Waals surface area contributed by atoms with Crippen LogP contribution in [-0.2, 0) is 0 Å². The third kappa shape index (κ3) is 6.71. The van der Waals surface area contributed by atoms with Crippen LogP contribution in [0.15, 0.2) is 0 Å². The number of nitrogens with one attached hydrogen (secondary N) is 2. The van der Waals surface area contributed by atoms with Crippen molar-refractivity contribution in [3.8, 4) is 0 Å². The van der Waals surface area contributed by atoms with E-state index in [-0.39, 0.29) is 5.54 Å². The van der Waals surface area contributed by atoms with Crippen molar-refractivity contribution in [1.29, 1.82) is 5.41 Å². The third-order valence-electron chi connectivity index (χ3n) is 1.76. The van der Waals surface area contributed by atoms with Gasteiger partial charge in [-0.3, -0.25) is 5.41 Å². The van der Waals surface area contributed by atoms with Crippen LogP contribution in [0.25, 0.3) is 0 Å². The van der Waals surface area contributed by atoms with Crippen molar-refractivity contribution >= 4 is 5.96 Å². The maximum atomic E-state index is 7.79. The molecule has 0 aliphatic heterocycles. The van der Waals surface area contributed by atoms with E-state index in [1.807, 2.05) is 26.0 Å². The summed E-state index contributed by atoms with van der Waals surface area (Å²) in [5.41, 5.74) is -0.0382. The Morgan fingerprint density at radius 1 is 1.14 bits per heavy atom. The molecule has 4 heteroatoms. The van der Waals surface area contributed by atoms with Gasteiger partial charge in [0.25, 0.3) is 0 Å². The van der Waals surface area contributed by atoms with Gasteiger partial charge in [-0.1, -0.05) is 0 Å². The molecule has 2 N–H and O–H groups in total. The highest BCUT2D eigenvalue weighted by Gasteiger charge is 2.13. The Morgan fingerprint density at radius 2 is 1.64 bits per heavy atom. The van der Waals surface area contributed by atoms with Gasteiger partial charge in [0.15, 0.2) is 5.96 Å². The van der Waals surface area contributed by atoms with Crippen molar-refractivity contribution in [2.75, 3.05) is 34.2 Å². The van der Waals surface area contributed by atoms with Crippen LogP contribution < -0.4 is 5.32 Å². The molecule has 0 aromatic heterocycles. The zero-order valence-corrected chi connectivity index (χ0v) is 10.3. The second-order valence-electron chi connectivity index (χ2n) is 4.95. The number of likely N-dealkylation sites (N-methyl/N-ethyl adjacent to an activating group) is 2. The van der Waals surface area contributed by atoms with Crippen LogP contribution in [0.1, 0.15) is 20.8 Å². The third-order valence-corrected chi connectivity index (χ3v) is 1.76. The lowest BCUT2D eigenvalue weighted by Crippen LogP contribution is -2.48. The molecule has 14 heavy (non-hydrogen) atoms. The van der Waals surface area contributed by atoms with Gasteiger partial charge in [0, 0.05) is 25.7 Å². The van der Waals surface area contributed by atoms with Crippen molar-refractivity contribution in [3.63, 3.8) is 0 Å². The Balaban J connectivity index is 3.88. The quantitative estimate of drug-likeness (QED) is 0.523. The average Bonchev–Trinajstić information content (AvgIpc) is 1.96. The van der Waals surface area contributed by atoms with Crippen LogP contribution in [0.3, 0.4) is 0 Å². The predicted octanol–water partition coefficient (Wildman–Crippen LogP) is 0.803. The second-order valence-corrected chi connectivity index (χ2v) is 4.95. The van der Waals surface area contributed by atoms with E-state index in [1.165, 1.54) is 0 Å². The first kappa shape index (κ1) is 13.2. The molecule has 4 nitrogen and oxygen atoms in total. The van der Waals surface area contributed by atoms with E-state index in [0.29, 0.717) is 5.96 Å². The Labute approximate surface area is 87.8 Å². The largest absolute Gasteiger partial charge is 0.352 e. The SMILES string of the molecule is CN(C)CCN(C)C(=N)NC(C)(C)C. The van der Waals surface area contributed by atoms with Crippen molar-refractivity contribution in [2.24, 2.45) is 0 Å². The molecule has 0 saturated heterocycles. The van der Waals surface area contributed by atoms with Crippen molar-refractivity contribution in [2.45, 2.75) is 26.3 Å². The zero-order chi connectivity index (χ0) is 11.4. The number of rotatable bonds is 3. The summed E-state index contributed by atoms with van der Waals surface area (Å²) in [7, 11) is 6.01. The van der Waals surface area contributed by atoms with Gasteiger partial charge in [-0.05, 0) is 34.9 Å². The van der Waals surface area contributed by atoms with Crippen LogP contribution in [0.2, 0.25) is 0 Å². The summed E-state index contributed by atoms with van der Waals surface area (Å²) in [6.07, 6.45) is 0. The normalized spacial score (nSPS) is 11.6. The molecule has 0 spiro atoms. The molecular formula is C10H24N4. The highest BCUT2D eigenvalue weighted by atomic mass is 15.3. The molecule has 0 rings (SSSR count). The van der Waals surface area contributed by atoms with Gasteiger partial charge in [0.2, 0.25) is 0 Å². The summed E-state index contributed by atoms with van der Waals surface area (Å²) in [6, 6.07) is 0. The summed E-state index contributed by atoms with van der Waals surface area (Å²) in [4.78, 5) is 4.03. The number of hydrogen-bond acceptors (Lipinski definition) is 2. The lowest BCUT2D eigenvalue weighted by molar-refractivity contribution is 0.343. The molecule has 0 amide bonds. The number of nitrogens with zero attached hydrogens (tertiary/aromatic N) is 2. The number of guanidine groups is 1. The van der Waals surface area contributed by atoms with Crippen molar-refractivity contribution < 1.29 is 0 Å². The lowest BCUT2D eigenvalue weighted by atomic mass is 10.1. The molecule has 0 saturated carbocycles. The zero-order valence-electron chi connectivity index (χ0n) is 10.3. The van der Waals surface area contributed by atoms with E-state index in [1.54, 1.807) is 0 Å². The van der Waals surface area contributed by atoms with Crippen molar-refractivity contribution in [1.82, 2.24) is 15.1 Å². The van der Waals surface area contributed by atoms with Gasteiger partial charge in [0.05, 0.1) is 0 Å². The van der Waals surface area contributed by atoms with Gasteiger partial charge in [-0.15, -0.1) is 0 Å². The first-order valence-electron chi connectivity index (χ1n) is 4.95. The minimum Gasteiger partial charge on any atom is -0.352 e. The molecule has 0 aliphatic rings. The van der Waals surface area contributed by atoms with Crippen LogP contribution >= 0.6 is 0 Å². The first-order valence-corrected chi connectivity index (χ1v) is 4.95. The van der Waals surface area contributed by atoms with Gasteiger partial charge in [0.1, 0.15) is 0 Å². The molecule has 0 aromatic carbocycles. The Kier molecular flexibility index (Phi) is 4.91. The van der Waals surface area contributed by atoms with E-state index >= 15 is 0 Å². The first-order chi connectivity index (χ1) is 6.22. The van der Waals surface area contributed by atoms with E-state index in [9.17, 15) is 0 Å². The highest BCUT2D eigenvalue weighted by molar-refractivity contribution is 5.77. The fourth-order valence-electron chi connectivity index (χ4n) is 0.912. The molecular weight excluding hydrogens is 176 g/mol. The molecule has 0 fully saturated rings. The molecule has 0 unspecified atom stereocenters. The minimum atomic E-state index is -0.0382. The van der Waals surface area contributed by atoms with Crippen LogP contribution in [0.4, 0.5) is 0 Å². The Morgan fingerprint density at radius 3 is 2.00 bits per heavy atom. The summed E-state index contributed by atoms with van der Waals surface area (Å²) in [6.45, 7) is 8.00. The molecule has 0 atom stereocenters. The van der Waals surface area contributed by atoms with Crippen LogP contribution in [-0.4, -0.2) is 55.5 Å². The molecule has 84 valence electrons. The molecule has 0 aromatic rings. The maximum Gasteiger partial charge on any atom is 0.191 e. The van der Waals surface area contributed by atoms with Gasteiger partial charge >= 0.3 is 0 Å². The fourth-order valence-corrected chi connectivity index (χ4v) is 0.912. The average molecular weight is 200 g/mol. The van der Waals surface area contributed by atoms with E-state index in [0.717, 1.165) is 13.1 Å². The fraction of sp³-hybridized carbons (Fsp3) is 0.900. The van der Waals surface area contributed by atoms with Crippen molar-refractivity contribution in [3.05, 3.63) is 0 Å². The standard InChI is InChI=1S/C10H24N4/c1-10(2,3)12-9(11)14(6)8-7-13(4)5/h7-8H2,1-6H3,(H2,11,12). The summed E-state index contributed by atoms with van der Waals surface area (Å²) in [5.74, 6) is 0.486. The molecule has 0 heterocycles. The smallest absolute Gasteiger partial charge is 0.191 e. The van der Waals surface area contributed by atoms with Crippen LogP contribution in [0, 0.1) is 5.41 Å².